The lowest BCUT2D eigenvalue weighted by molar-refractivity contribution is 0.313. The summed E-state index contributed by atoms with van der Waals surface area (Å²) in [5.41, 5.74) is 3.48. The van der Waals surface area contributed by atoms with Crippen LogP contribution in [-0.2, 0) is 6.42 Å². The van der Waals surface area contributed by atoms with E-state index >= 15 is 0 Å². The fourth-order valence-corrected chi connectivity index (χ4v) is 2.76. The molecule has 2 heterocycles. The minimum Gasteiger partial charge on any atom is -0.339 e. The fraction of sp³-hybridized carbons (Fsp3) is 0.500. The molecule has 1 aromatic heterocycles. The SMILES string of the molecule is Cc1ccc(C)c(-c2noc(CC3CCNCC3)n2)c1. The van der Waals surface area contributed by atoms with E-state index in [0.29, 0.717) is 5.92 Å². The molecule has 0 saturated carbocycles. The molecule has 0 radical (unpaired) electrons. The summed E-state index contributed by atoms with van der Waals surface area (Å²) < 4.78 is 5.44. The van der Waals surface area contributed by atoms with Crippen LogP contribution in [0.2, 0.25) is 0 Å². The fourth-order valence-electron chi connectivity index (χ4n) is 2.76. The first-order valence-corrected chi connectivity index (χ1v) is 7.33. The number of nitrogens with one attached hydrogen (secondary N) is 1. The molecule has 1 aliphatic heterocycles. The maximum absolute atomic E-state index is 5.44. The molecule has 1 aliphatic rings. The molecule has 0 aliphatic carbocycles. The molecule has 3 rings (SSSR count). The quantitative estimate of drug-likeness (QED) is 0.932. The van der Waals surface area contributed by atoms with Crippen molar-refractivity contribution in [3.8, 4) is 11.4 Å². The third-order valence-corrected chi connectivity index (χ3v) is 4.02. The molecule has 4 heteroatoms. The largest absolute Gasteiger partial charge is 0.339 e. The van der Waals surface area contributed by atoms with Crippen molar-refractivity contribution in [2.45, 2.75) is 33.1 Å². The van der Waals surface area contributed by atoms with Crippen LogP contribution in [0.1, 0.15) is 29.9 Å². The first-order valence-electron chi connectivity index (χ1n) is 7.33. The molecule has 0 atom stereocenters. The summed E-state index contributed by atoms with van der Waals surface area (Å²) in [4.78, 5) is 4.58. The number of rotatable bonds is 3. The summed E-state index contributed by atoms with van der Waals surface area (Å²) in [6.07, 6.45) is 3.29. The van der Waals surface area contributed by atoms with Crippen LogP contribution in [0.15, 0.2) is 22.7 Å². The van der Waals surface area contributed by atoms with E-state index in [-0.39, 0.29) is 0 Å². The molecule has 20 heavy (non-hydrogen) atoms. The molecule has 4 nitrogen and oxygen atoms in total. The van der Waals surface area contributed by atoms with E-state index in [4.69, 9.17) is 4.52 Å². The number of hydrogen-bond donors (Lipinski definition) is 1. The third kappa shape index (κ3) is 2.90. The van der Waals surface area contributed by atoms with Gasteiger partial charge in [0.1, 0.15) is 0 Å². The van der Waals surface area contributed by atoms with Gasteiger partial charge in [0, 0.05) is 12.0 Å². The summed E-state index contributed by atoms with van der Waals surface area (Å²) in [5, 5.41) is 7.53. The van der Waals surface area contributed by atoms with Crippen LogP contribution in [-0.4, -0.2) is 23.2 Å². The molecular weight excluding hydrogens is 250 g/mol. The predicted octanol–water partition coefficient (Wildman–Crippen LogP) is 2.90. The Labute approximate surface area is 119 Å². The van der Waals surface area contributed by atoms with Gasteiger partial charge in [-0.05, 0) is 57.3 Å². The van der Waals surface area contributed by atoms with E-state index in [1.165, 1.54) is 24.0 Å². The first kappa shape index (κ1) is 13.3. The lowest BCUT2D eigenvalue weighted by atomic mass is 9.95. The topological polar surface area (TPSA) is 51.0 Å². The van der Waals surface area contributed by atoms with E-state index in [9.17, 15) is 0 Å². The van der Waals surface area contributed by atoms with Crippen molar-refractivity contribution in [1.29, 1.82) is 0 Å². The number of aromatic nitrogens is 2. The van der Waals surface area contributed by atoms with Crippen LogP contribution in [0.4, 0.5) is 0 Å². The van der Waals surface area contributed by atoms with Crippen molar-refractivity contribution < 1.29 is 4.52 Å². The van der Waals surface area contributed by atoms with Gasteiger partial charge in [-0.1, -0.05) is 22.9 Å². The second-order valence-corrected chi connectivity index (χ2v) is 5.73. The molecule has 0 spiro atoms. The van der Waals surface area contributed by atoms with Crippen molar-refractivity contribution in [2.24, 2.45) is 5.92 Å². The van der Waals surface area contributed by atoms with Gasteiger partial charge in [0.25, 0.3) is 0 Å². The Morgan fingerprint density at radius 1 is 1.25 bits per heavy atom. The van der Waals surface area contributed by atoms with Gasteiger partial charge in [0.2, 0.25) is 11.7 Å². The molecule has 1 saturated heterocycles. The van der Waals surface area contributed by atoms with Gasteiger partial charge in [-0.15, -0.1) is 0 Å². The van der Waals surface area contributed by atoms with Crippen molar-refractivity contribution in [3.63, 3.8) is 0 Å². The Hall–Kier alpha value is -1.68. The highest BCUT2D eigenvalue weighted by Crippen LogP contribution is 2.23. The molecular formula is C16H21N3O. The van der Waals surface area contributed by atoms with Crippen molar-refractivity contribution >= 4 is 0 Å². The third-order valence-electron chi connectivity index (χ3n) is 4.02. The predicted molar refractivity (Wildman–Crippen MR) is 78.5 cm³/mol. The maximum Gasteiger partial charge on any atom is 0.227 e. The first-order chi connectivity index (χ1) is 9.72. The number of aryl methyl sites for hydroxylation is 2. The highest BCUT2D eigenvalue weighted by atomic mass is 16.5. The molecule has 0 bridgehead atoms. The zero-order valence-electron chi connectivity index (χ0n) is 12.1. The van der Waals surface area contributed by atoms with Crippen LogP contribution < -0.4 is 5.32 Å². The second kappa shape index (κ2) is 5.75. The van der Waals surface area contributed by atoms with Crippen molar-refractivity contribution in [1.82, 2.24) is 15.5 Å². The van der Waals surface area contributed by atoms with Crippen LogP contribution in [0, 0.1) is 19.8 Å². The Kier molecular flexibility index (Phi) is 3.83. The molecule has 1 aromatic carbocycles. The van der Waals surface area contributed by atoms with E-state index in [0.717, 1.165) is 36.8 Å². The second-order valence-electron chi connectivity index (χ2n) is 5.73. The van der Waals surface area contributed by atoms with Gasteiger partial charge in [0.15, 0.2) is 0 Å². The summed E-state index contributed by atoms with van der Waals surface area (Å²) in [5.74, 6) is 2.16. The molecule has 106 valence electrons. The summed E-state index contributed by atoms with van der Waals surface area (Å²) in [6.45, 7) is 6.36. The minimum absolute atomic E-state index is 0.670. The molecule has 1 N–H and O–H groups in total. The molecule has 2 aromatic rings. The standard InChI is InChI=1S/C16H21N3O/c1-11-3-4-12(2)14(9-11)16-18-15(20-19-16)10-13-5-7-17-8-6-13/h3-4,9,13,17H,5-8,10H2,1-2H3. The van der Waals surface area contributed by atoms with Crippen LogP contribution >= 0.6 is 0 Å². The monoisotopic (exact) mass is 271 g/mol. The average Bonchev–Trinajstić information content (AvgIpc) is 2.91. The van der Waals surface area contributed by atoms with Gasteiger partial charge in [-0.25, -0.2) is 0 Å². The molecule has 0 unspecified atom stereocenters. The van der Waals surface area contributed by atoms with Gasteiger partial charge < -0.3 is 9.84 Å². The Morgan fingerprint density at radius 2 is 2.05 bits per heavy atom. The van der Waals surface area contributed by atoms with Crippen LogP contribution in [0.3, 0.4) is 0 Å². The Morgan fingerprint density at radius 3 is 2.85 bits per heavy atom. The normalized spacial score (nSPS) is 16.5. The zero-order valence-corrected chi connectivity index (χ0v) is 12.1. The summed E-state index contributed by atoms with van der Waals surface area (Å²) in [7, 11) is 0. The molecule has 0 amide bonds. The lowest BCUT2D eigenvalue weighted by Crippen LogP contribution is -2.28. The van der Waals surface area contributed by atoms with Crippen LogP contribution in [0.5, 0.6) is 0 Å². The van der Waals surface area contributed by atoms with E-state index in [2.05, 4.69) is 47.5 Å². The number of nitrogens with zero attached hydrogens (tertiary/aromatic N) is 2. The number of benzene rings is 1. The number of hydrogen-bond acceptors (Lipinski definition) is 4. The Bertz CT molecular complexity index is 585. The minimum atomic E-state index is 0.670. The van der Waals surface area contributed by atoms with Crippen LogP contribution in [0.25, 0.3) is 11.4 Å². The van der Waals surface area contributed by atoms with Gasteiger partial charge in [-0.2, -0.15) is 4.98 Å². The van der Waals surface area contributed by atoms with Gasteiger partial charge in [-0.3, -0.25) is 0 Å². The highest BCUT2D eigenvalue weighted by Gasteiger charge is 2.18. The highest BCUT2D eigenvalue weighted by molar-refractivity contribution is 5.60. The zero-order chi connectivity index (χ0) is 13.9. The van der Waals surface area contributed by atoms with Gasteiger partial charge >= 0.3 is 0 Å². The Balaban J connectivity index is 1.77. The smallest absolute Gasteiger partial charge is 0.227 e. The van der Waals surface area contributed by atoms with Crippen molar-refractivity contribution in [3.05, 3.63) is 35.2 Å². The van der Waals surface area contributed by atoms with E-state index in [1.54, 1.807) is 0 Å². The maximum atomic E-state index is 5.44. The van der Waals surface area contributed by atoms with Crippen molar-refractivity contribution in [2.75, 3.05) is 13.1 Å². The van der Waals surface area contributed by atoms with E-state index in [1.807, 2.05) is 0 Å². The summed E-state index contributed by atoms with van der Waals surface area (Å²) >= 11 is 0. The number of piperidine rings is 1. The summed E-state index contributed by atoms with van der Waals surface area (Å²) in [6, 6.07) is 6.33. The molecule has 1 fully saturated rings. The average molecular weight is 271 g/mol. The van der Waals surface area contributed by atoms with E-state index < -0.39 is 0 Å². The van der Waals surface area contributed by atoms with Gasteiger partial charge in [0.05, 0.1) is 0 Å². The lowest BCUT2D eigenvalue weighted by Gasteiger charge is -2.20.